The first-order chi connectivity index (χ1) is 10.0. The van der Waals surface area contributed by atoms with Crippen molar-refractivity contribution < 1.29 is 14.8 Å². The van der Waals surface area contributed by atoms with Crippen LogP contribution in [0.5, 0.6) is 0 Å². The zero-order valence-electron chi connectivity index (χ0n) is 11.7. The molecule has 1 saturated carbocycles. The third kappa shape index (κ3) is 3.95. The Bertz CT molecular complexity index is 581. The van der Waals surface area contributed by atoms with Gasteiger partial charge in [-0.15, -0.1) is 0 Å². The first-order valence-corrected chi connectivity index (χ1v) is 6.64. The molecule has 7 heteroatoms. The summed E-state index contributed by atoms with van der Waals surface area (Å²) in [6.07, 6.45) is 2.01. The number of nitrogens with two attached hydrogens (primary N) is 1. The summed E-state index contributed by atoms with van der Waals surface area (Å²) in [5.74, 6) is -0.534. The van der Waals surface area contributed by atoms with Gasteiger partial charge in [0.2, 0.25) is 5.91 Å². The molecule has 0 atom stereocenters. The van der Waals surface area contributed by atoms with E-state index < -0.39 is 0 Å². The van der Waals surface area contributed by atoms with Crippen molar-refractivity contribution in [2.75, 3.05) is 13.6 Å². The maximum atomic E-state index is 12.2. The molecule has 1 aromatic carbocycles. The largest absolute Gasteiger partial charge is 0.409 e. The van der Waals surface area contributed by atoms with Gasteiger partial charge in [0.15, 0.2) is 5.84 Å². The monoisotopic (exact) mass is 290 g/mol. The topological polar surface area (TPSA) is 108 Å². The molecule has 21 heavy (non-hydrogen) atoms. The van der Waals surface area contributed by atoms with Crippen molar-refractivity contribution >= 4 is 17.6 Å². The lowest BCUT2D eigenvalue weighted by Gasteiger charge is -2.17. The maximum absolute atomic E-state index is 12.2. The zero-order valence-corrected chi connectivity index (χ0v) is 11.7. The van der Waals surface area contributed by atoms with Crippen molar-refractivity contribution in [3.63, 3.8) is 0 Å². The number of likely N-dealkylation sites (N-methyl/N-ethyl adjacent to an activating group) is 1. The van der Waals surface area contributed by atoms with Crippen LogP contribution < -0.4 is 11.1 Å². The molecule has 2 amide bonds. The van der Waals surface area contributed by atoms with Gasteiger partial charge in [0.25, 0.3) is 5.91 Å². The van der Waals surface area contributed by atoms with Crippen LogP contribution in [0.3, 0.4) is 0 Å². The van der Waals surface area contributed by atoms with Gasteiger partial charge in [-0.1, -0.05) is 17.3 Å². The lowest BCUT2D eigenvalue weighted by Crippen LogP contribution is -2.39. The van der Waals surface area contributed by atoms with E-state index in [1.807, 2.05) is 0 Å². The van der Waals surface area contributed by atoms with Crippen LogP contribution in [0.2, 0.25) is 0 Å². The summed E-state index contributed by atoms with van der Waals surface area (Å²) < 4.78 is 0. The van der Waals surface area contributed by atoms with Gasteiger partial charge < -0.3 is 21.2 Å². The van der Waals surface area contributed by atoms with Gasteiger partial charge in [0.05, 0.1) is 6.54 Å². The number of nitrogens with one attached hydrogen (secondary N) is 1. The van der Waals surface area contributed by atoms with E-state index >= 15 is 0 Å². The lowest BCUT2D eigenvalue weighted by atomic mass is 10.1. The van der Waals surface area contributed by atoms with Gasteiger partial charge in [-0.05, 0) is 25.0 Å². The van der Waals surface area contributed by atoms with Crippen molar-refractivity contribution in [2.24, 2.45) is 10.9 Å². The Kier molecular flexibility index (Phi) is 4.42. The molecule has 0 bridgehead atoms. The summed E-state index contributed by atoms with van der Waals surface area (Å²) in [5, 5.41) is 14.4. The highest BCUT2D eigenvalue weighted by molar-refractivity contribution is 6.01. The molecule has 0 heterocycles. The average molecular weight is 290 g/mol. The Morgan fingerprint density at radius 1 is 1.43 bits per heavy atom. The fourth-order valence-electron chi connectivity index (χ4n) is 1.88. The Morgan fingerprint density at radius 3 is 2.71 bits per heavy atom. The standard InChI is InChI=1S/C14H18N4O3/c1-18(8-12(19)16-11-5-6-11)14(20)10-4-2-3-9(7-10)13(15)17-21/h2-4,7,11,21H,5-6,8H2,1H3,(H2,15,17)(H,16,19). The number of carbonyl (C=O) groups excluding carboxylic acids is 2. The minimum absolute atomic E-state index is 0.00311. The number of amides is 2. The second-order valence-electron chi connectivity index (χ2n) is 5.07. The summed E-state index contributed by atoms with van der Waals surface area (Å²) in [5.41, 5.74) is 6.31. The van der Waals surface area contributed by atoms with Crippen molar-refractivity contribution in [3.8, 4) is 0 Å². The number of rotatable bonds is 5. The smallest absolute Gasteiger partial charge is 0.254 e. The van der Waals surface area contributed by atoms with Crippen LogP contribution in [0.15, 0.2) is 29.4 Å². The molecular formula is C14H18N4O3. The maximum Gasteiger partial charge on any atom is 0.254 e. The van der Waals surface area contributed by atoms with E-state index in [4.69, 9.17) is 10.9 Å². The SMILES string of the molecule is CN(CC(=O)NC1CC1)C(=O)c1cccc(C(N)=NO)c1. The van der Waals surface area contributed by atoms with Gasteiger partial charge in [0, 0.05) is 24.2 Å². The number of benzene rings is 1. The van der Waals surface area contributed by atoms with Crippen LogP contribution in [0.1, 0.15) is 28.8 Å². The molecule has 1 aliphatic carbocycles. The second-order valence-corrected chi connectivity index (χ2v) is 5.07. The second kappa shape index (κ2) is 6.25. The Hall–Kier alpha value is -2.57. The molecule has 1 aliphatic rings. The summed E-state index contributed by atoms with van der Waals surface area (Å²) in [7, 11) is 1.56. The molecule has 112 valence electrons. The molecule has 0 aliphatic heterocycles. The number of oxime groups is 1. The van der Waals surface area contributed by atoms with E-state index in [1.165, 1.54) is 11.0 Å². The van der Waals surface area contributed by atoms with Crippen LogP contribution in [-0.2, 0) is 4.79 Å². The third-order valence-corrected chi connectivity index (χ3v) is 3.18. The molecule has 0 aromatic heterocycles. The van der Waals surface area contributed by atoms with Gasteiger partial charge in [0.1, 0.15) is 0 Å². The van der Waals surface area contributed by atoms with Crippen LogP contribution >= 0.6 is 0 Å². The summed E-state index contributed by atoms with van der Waals surface area (Å²) in [6, 6.07) is 6.67. The highest BCUT2D eigenvalue weighted by Gasteiger charge is 2.24. The number of hydrogen-bond donors (Lipinski definition) is 3. The average Bonchev–Trinajstić information content (AvgIpc) is 3.29. The molecule has 1 fully saturated rings. The molecule has 2 rings (SSSR count). The van der Waals surface area contributed by atoms with Crippen molar-refractivity contribution in [1.82, 2.24) is 10.2 Å². The predicted octanol–water partition coefficient (Wildman–Crippen LogP) is 0.132. The van der Waals surface area contributed by atoms with Crippen molar-refractivity contribution in [2.45, 2.75) is 18.9 Å². The minimum atomic E-state index is -0.298. The van der Waals surface area contributed by atoms with E-state index in [9.17, 15) is 9.59 Å². The van der Waals surface area contributed by atoms with Gasteiger partial charge >= 0.3 is 0 Å². The summed E-state index contributed by atoms with van der Waals surface area (Å²) in [6.45, 7) is 0.00311. The van der Waals surface area contributed by atoms with Crippen LogP contribution in [-0.4, -0.2) is 47.4 Å². The van der Waals surface area contributed by atoms with E-state index in [-0.39, 0.29) is 30.2 Å². The lowest BCUT2D eigenvalue weighted by molar-refractivity contribution is -0.121. The van der Waals surface area contributed by atoms with Crippen LogP contribution in [0, 0.1) is 0 Å². The molecular weight excluding hydrogens is 272 g/mol. The van der Waals surface area contributed by atoms with Crippen LogP contribution in [0.25, 0.3) is 0 Å². The first-order valence-electron chi connectivity index (χ1n) is 6.64. The van der Waals surface area contributed by atoms with Crippen molar-refractivity contribution in [1.29, 1.82) is 0 Å². The number of carbonyl (C=O) groups is 2. The molecule has 4 N–H and O–H groups in total. The minimum Gasteiger partial charge on any atom is -0.409 e. The van der Waals surface area contributed by atoms with Gasteiger partial charge in [-0.3, -0.25) is 9.59 Å². The molecule has 0 radical (unpaired) electrons. The summed E-state index contributed by atoms with van der Waals surface area (Å²) >= 11 is 0. The third-order valence-electron chi connectivity index (χ3n) is 3.18. The van der Waals surface area contributed by atoms with E-state index in [0.717, 1.165) is 12.8 Å². The highest BCUT2D eigenvalue weighted by atomic mass is 16.4. The number of hydrogen-bond acceptors (Lipinski definition) is 4. The molecule has 1 aromatic rings. The van der Waals surface area contributed by atoms with E-state index in [1.54, 1.807) is 25.2 Å². The number of nitrogens with zero attached hydrogens (tertiary/aromatic N) is 2. The van der Waals surface area contributed by atoms with Crippen molar-refractivity contribution in [3.05, 3.63) is 35.4 Å². The van der Waals surface area contributed by atoms with Gasteiger partial charge in [-0.2, -0.15) is 0 Å². The van der Waals surface area contributed by atoms with E-state index in [2.05, 4.69) is 10.5 Å². The fraction of sp³-hybridized carbons (Fsp3) is 0.357. The Balaban J connectivity index is 2.02. The quantitative estimate of drug-likeness (QED) is 0.310. The molecule has 0 spiro atoms. The highest BCUT2D eigenvalue weighted by Crippen LogP contribution is 2.18. The zero-order chi connectivity index (χ0) is 15.4. The fourth-order valence-corrected chi connectivity index (χ4v) is 1.88. The normalized spacial score (nSPS) is 14.6. The first kappa shape index (κ1) is 14.8. The van der Waals surface area contributed by atoms with Crippen LogP contribution in [0.4, 0.5) is 0 Å². The van der Waals surface area contributed by atoms with Gasteiger partial charge in [-0.25, -0.2) is 0 Å². The van der Waals surface area contributed by atoms with E-state index in [0.29, 0.717) is 11.1 Å². The predicted molar refractivity (Wildman–Crippen MR) is 77.1 cm³/mol. The Morgan fingerprint density at radius 2 is 2.10 bits per heavy atom. The number of amidine groups is 1. The molecule has 0 unspecified atom stereocenters. The summed E-state index contributed by atoms with van der Waals surface area (Å²) in [4.78, 5) is 25.3. The molecule has 7 nitrogen and oxygen atoms in total. The molecule has 0 saturated heterocycles. The Labute approximate surface area is 122 Å².